The van der Waals surface area contributed by atoms with Crippen LogP contribution in [0.2, 0.25) is 0 Å². The molecule has 0 unspecified atom stereocenters. The van der Waals surface area contributed by atoms with Gasteiger partial charge in [-0.2, -0.15) is 0 Å². The lowest BCUT2D eigenvalue weighted by atomic mass is 10.0. The standard InChI is InChI=1S/C34H40N4O6/c1-34(2,3)44-33(42)36-26-19-27-21-43-28-11-6-10-25(18-28)31(40)35-15-7-12-29(32(41)38(27)20-26)37-30(39)17-22-13-14-23-8-4-5-9-24(23)16-22/h4-6,8-11,13-14,16,18,26-27,29H,7,12,15,17,19-21H2,1-3H3,(H,35,40)(H,36,42)(H,37,39)/t26-,27-,29-/m0/s1. The molecule has 3 aromatic carbocycles. The van der Waals surface area contributed by atoms with Crippen molar-refractivity contribution in [2.45, 2.75) is 70.2 Å². The van der Waals surface area contributed by atoms with E-state index in [1.165, 1.54) is 0 Å². The Morgan fingerprint density at radius 3 is 2.59 bits per heavy atom. The smallest absolute Gasteiger partial charge is 0.407 e. The number of nitrogens with zero attached hydrogens (tertiary/aromatic N) is 1. The van der Waals surface area contributed by atoms with Crippen molar-refractivity contribution in [3.8, 4) is 5.75 Å². The molecular weight excluding hydrogens is 560 g/mol. The van der Waals surface area contributed by atoms with E-state index in [9.17, 15) is 19.2 Å². The van der Waals surface area contributed by atoms with Crippen LogP contribution in [0.5, 0.6) is 5.75 Å². The lowest BCUT2D eigenvalue weighted by molar-refractivity contribution is -0.137. The van der Waals surface area contributed by atoms with Gasteiger partial charge in [-0.3, -0.25) is 14.4 Å². The second-order valence-electron chi connectivity index (χ2n) is 12.4. The van der Waals surface area contributed by atoms with E-state index in [0.29, 0.717) is 37.1 Å². The summed E-state index contributed by atoms with van der Waals surface area (Å²) in [5.41, 5.74) is 0.657. The summed E-state index contributed by atoms with van der Waals surface area (Å²) >= 11 is 0. The Hall–Kier alpha value is -4.60. The number of ether oxygens (including phenoxy) is 2. The van der Waals surface area contributed by atoms with Gasteiger partial charge in [-0.1, -0.05) is 48.5 Å². The van der Waals surface area contributed by atoms with Crippen LogP contribution in [0.25, 0.3) is 10.8 Å². The number of hydrogen-bond acceptors (Lipinski definition) is 6. The summed E-state index contributed by atoms with van der Waals surface area (Å²) in [4.78, 5) is 54.4. The van der Waals surface area contributed by atoms with Crippen molar-refractivity contribution in [1.29, 1.82) is 0 Å². The lowest BCUT2D eigenvalue weighted by Gasteiger charge is -2.29. The number of fused-ring (bicyclic) bond motifs is 4. The average Bonchev–Trinajstić information content (AvgIpc) is 3.37. The fraction of sp³-hybridized carbons (Fsp3) is 0.412. The van der Waals surface area contributed by atoms with E-state index in [1.54, 1.807) is 49.9 Å². The van der Waals surface area contributed by atoms with Crippen LogP contribution >= 0.6 is 0 Å². The molecule has 1 fully saturated rings. The Morgan fingerprint density at radius 2 is 1.80 bits per heavy atom. The number of carbonyl (C=O) groups is 4. The van der Waals surface area contributed by atoms with Crippen molar-refractivity contribution in [2.75, 3.05) is 19.7 Å². The van der Waals surface area contributed by atoms with Gasteiger partial charge in [0.05, 0.1) is 18.5 Å². The predicted molar refractivity (Wildman–Crippen MR) is 166 cm³/mol. The minimum absolute atomic E-state index is 0.120. The lowest BCUT2D eigenvalue weighted by Crippen LogP contribution is -2.52. The van der Waals surface area contributed by atoms with Gasteiger partial charge in [0.1, 0.15) is 24.0 Å². The van der Waals surface area contributed by atoms with Crippen molar-refractivity contribution in [3.63, 3.8) is 0 Å². The zero-order valence-corrected chi connectivity index (χ0v) is 25.4. The Morgan fingerprint density at radius 1 is 1.00 bits per heavy atom. The molecule has 5 rings (SSSR count). The quantitative estimate of drug-likeness (QED) is 0.416. The Balaban J connectivity index is 1.34. The first-order valence-electron chi connectivity index (χ1n) is 15.1. The minimum atomic E-state index is -0.816. The van der Waals surface area contributed by atoms with Crippen LogP contribution in [0.15, 0.2) is 66.7 Å². The van der Waals surface area contributed by atoms with Crippen LogP contribution in [-0.4, -0.2) is 72.1 Å². The maximum Gasteiger partial charge on any atom is 0.407 e. The van der Waals surface area contributed by atoms with Crippen LogP contribution in [0.4, 0.5) is 4.79 Å². The minimum Gasteiger partial charge on any atom is -0.491 e. The van der Waals surface area contributed by atoms with Gasteiger partial charge in [-0.25, -0.2) is 4.79 Å². The Labute approximate surface area is 257 Å². The van der Waals surface area contributed by atoms with Gasteiger partial charge in [0.2, 0.25) is 11.8 Å². The van der Waals surface area contributed by atoms with E-state index >= 15 is 0 Å². The van der Waals surface area contributed by atoms with Gasteiger partial charge in [0.15, 0.2) is 0 Å². The number of hydrogen-bond donors (Lipinski definition) is 3. The van der Waals surface area contributed by atoms with Crippen LogP contribution < -0.4 is 20.7 Å². The zero-order chi connectivity index (χ0) is 31.3. The maximum atomic E-state index is 14.1. The first kappa shape index (κ1) is 30.8. The highest BCUT2D eigenvalue weighted by Gasteiger charge is 2.40. The second-order valence-corrected chi connectivity index (χ2v) is 12.4. The highest BCUT2D eigenvalue weighted by Crippen LogP contribution is 2.24. The molecule has 2 aliphatic rings. The van der Waals surface area contributed by atoms with E-state index in [0.717, 1.165) is 16.3 Å². The first-order valence-corrected chi connectivity index (χ1v) is 15.1. The third kappa shape index (κ3) is 8.06. The molecule has 0 saturated carbocycles. The summed E-state index contributed by atoms with van der Waals surface area (Å²) in [6, 6.07) is 19.2. The molecule has 1 saturated heterocycles. The number of alkyl carbamates (subject to hydrolysis) is 1. The molecule has 0 aromatic heterocycles. The number of benzene rings is 3. The van der Waals surface area contributed by atoms with E-state index < -0.39 is 17.7 Å². The molecule has 2 aliphatic heterocycles. The predicted octanol–water partition coefficient (Wildman–Crippen LogP) is 3.96. The maximum absolute atomic E-state index is 14.1. The monoisotopic (exact) mass is 600 g/mol. The highest BCUT2D eigenvalue weighted by atomic mass is 16.6. The zero-order valence-electron chi connectivity index (χ0n) is 25.4. The molecule has 0 spiro atoms. The molecule has 0 aliphatic carbocycles. The number of carbonyl (C=O) groups excluding carboxylic acids is 4. The molecule has 4 amide bonds. The third-order valence-electron chi connectivity index (χ3n) is 7.72. The fourth-order valence-corrected chi connectivity index (χ4v) is 5.69. The van der Waals surface area contributed by atoms with E-state index in [4.69, 9.17) is 9.47 Å². The topological polar surface area (TPSA) is 126 Å². The largest absolute Gasteiger partial charge is 0.491 e. The summed E-state index contributed by atoms with van der Waals surface area (Å²) in [7, 11) is 0. The van der Waals surface area contributed by atoms with Gasteiger partial charge in [0.25, 0.3) is 5.91 Å². The van der Waals surface area contributed by atoms with Gasteiger partial charge in [0, 0.05) is 18.7 Å². The molecule has 3 aromatic rings. The van der Waals surface area contributed by atoms with E-state index in [-0.39, 0.29) is 49.4 Å². The van der Waals surface area contributed by atoms with Crippen molar-refractivity contribution in [3.05, 3.63) is 77.9 Å². The van der Waals surface area contributed by atoms with Crippen LogP contribution in [-0.2, 0) is 20.7 Å². The molecule has 10 nitrogen and oxygen atoms in total. The third-order valence-corrected chi connectivity index (χ3v) is 7.72. The first-order chi connectivity index (χ1) is 21.0. The van der Waals surface area contributed by atoms with Gasteiger partial charge in [-0.05, 0) is 74.6 Å². The van der Waals surface area contributed by atoms with Gasteiger partial charge >= 0.3 is 6.09 Å². The molecule has 3 atom stereocenters. The van der Waals surface area contributed by atoms with Crippen molar-refractivity contribution in [1.82, 2.24) is 20.9 Å². The molecular formula is C34H40N4O6. The van der Waals surface area contributed by atoms with Crippen molar-refractivity contribution < 1.29 is 28.7 Å². The van der Waals surface area contributed by atoms with Gasteiger partial charge < -0.3 is 30.3 Å². The van der Waals surface area contributed by atoms with E-state index in [1.807, 2.05) is 42.5 Å². The number of amides is 4. The average molecular weight is 601 g/mol. The van der Waals surface area contributed by atoms with Crippen LogP contribution in [0, 0.1) is 0 Å². The van der Waals surface area contributed by atoms with Crippen molar-refractivity contribution >= 4 is 34.6 Å². The van der Waals surface area contributed by atoms with Crippen molar-refractivity contribution in [2.24, 2.45) is 0 Å². The Kier molecular flexibility index (Phi) is 9.37. The number of nitrogens with one attached hydrogen (secondary N) is 3. The second kappa shape index (κ2) is 13.4. The molecule has 44 heavy (non-hydrogen) atoms. The fourth-order valence-electron chi connectivity index (χ4n) is 5.69. The van der Waals surface area contributed by atoms with Crippen LogP contribution in [0.1, 0.15) is 56.0 Å². The molecule has 2 bridgehead atoms. The summed E-state index contributed by atoms with van der Waals surface area (Å²) in [5.74, 6) is -0.254. The molecule has 0 radical (unpaired) electrons. The summed E-state index contributed by atoms with van der Waals surface area (Å²) in [6.07, 6.45) is 0.821. The number of rotatable bonds is 4. The van der Waals surface area contributed by atoms with E-state index in [2.05, 4.69) is 16.0 Å². The highest BCUT2D eigenvalue weighted by molar-refractivity contribution is 5.94. The molecule has 10 heteroatoms. The SMILES string of the molecule is CC(C)(C)OC(=O)N[C@H]1C[C@H]2COc3cccc(c3)C(=O)NCCC[C@H](NC(=O)Cc3ccc4ccccc4c3)C(=O)N2C1. The Bertz CT molecular complexity index is 1530. The van der Waals surface area contributed by atoms with Gasteiger partial charge in [-0.15, -0.1) is 0 Å². The molecule has 232 valence electrons. The molecule has 2 heterocycles. The molecule has 3 N–H and O–H groups in total. The summed E-state index contributed by atoms with van der Waals surface area (Å²) in [6.45, 7) is 6.11. The van der Waals surface area contributed by atoms with Crippen LogP contribution in [0.3, 0.4) is 0 Å². The normalized spacial score (nSPS) is 21.0. The summed E-state index contributed by atoms with van der Waals surface area (Å²) in [5, 5.41) is 10.9. The summed E-state index contributed by atoms with van der Waals surface area (Å²) < 4.78 is 11.5.